The molecule has 3 atom stereocenters. The fraction of sp³-hybridized carbons (Fsp3) is 0.467. The molecule has 0 saturated heterocycles. The molecule has 0 aromatic heterocycles. The van der Waals surface area contributed by atoms with E-state index < -0.39 is 23.2 Å². The molecule has 0 N–H and O–H groups in total. The molecule has 21 heavy (non-hydrogen) atoms. The molecule has 0 saturated carbocycles. The summed E-state index contributed by atoms with van der Waals surface area (Å²) in [6, 6.07) is 9.39. The Balaban J connectivity index is 2.74. The van der Waals surface area contributed by atoms with E-state index in [1.807, 2.05) is 30.3 Å². The van der Waals surface area contributed by atoms with E-state index in [0.29, 0.717) is 6.42 Å². The summed E-state index contributed by atoms with van der Waals surface area (Å²) in [5.41, 5.74) is 0.900. The monoisotopic (exact) mass is 332 g/mol. The highest BCUT2D eigenvalue weighted by Crippen LogP contribution is 2.31. The zero-order valence-corrected chi connectivity index (χ0v) is 13.4. The number of hydrogen-bond donors (Lipinski definition) is 0. The summed E-state index contributed by atoms with van der Waals surface area (Å²) in [4.78, 5) is 23.2. The smallest absolute Gasteiger partial charge is 0.323 e. The minimum atomic E-state index is -0.904. The number of rotatable bonds is 7. The van der Waals surface area contributed by atoms with Crippen molar-refractivity contribution in [1.29, 1.82) is 0 Å². The van der Waals surface area contributed by atoms with Crippen molar-refractivity contribution in [2.75, 3.05) is 14.2 Å². The van der Waals surface area contributed by atoms with Crippen LogP contribution in [0.5, 0.6) is 0 Å². The van der Waals surface area contributed by atoms with Gasteiger partial charge in [0.25, 0.3) is 0 Å². The summed E-state index contributed by atoms with van der Waals surface area (Å²) >= 11 is 12.3. The molecule has 0 heterocycles. The molecule has 116 valence electrons. The van der Waals surface area contributed by atoms with Gasteiger partial charge >= 0.3 is 11.9 Å². The average molecular weight is 333 g/mol. The molecule has 4 nitrogen and oxygen atoms in total. The minimum Gasteiger partial charge on any atom is -0.469 e. The van der Waals surface area contributed by atoms with Crippen molar-refractivity contribution in [2.24, 2.45) is 5.92 Å². The summed E-state index contributed by atoms with van der Waals surface area (Å²) in [6.45, 7) is 0. The van der Waals surface area contributed by atoms with Crippen LogP contribution < -0.4 is 0 Å². The number of carbonyl (C=O) groups is 2. The molecule has 0 aliphatic heterocycles. The van der Waals surface area contributed by atoms with Gasteiger partial charge in [-0.2, -0.15) is 0 Å². The molecule has 3 unspecified atom stereocenters. The Kier molecular flexibility index (Phi) is 7.54. The van der Waals surface area contributed by atoms with Crippen molar-refractivity contribution in [1.82, 2.24) is 0 Å². The van der Waals surface area contributed by atoms with Crippen LogP contribution in [-0.2, 0) is 19.1 Å². The normalized spacial score (nSPS) is 14.9. The summed E-state index contributed by atoms with van der Waals surface area (Å²) in [6.07, 6.45) is 0.454. The van der Waals surface area contributed by atoms with Crippen molar-refractivity contribution >= 4 is 35.1 Å². The second-order valence-corrected chi connectivity index (χ2v) is 5.61. The molecule has 1 aromatic carbocycles. The SMILES string of the molecule is COC(=O)C(Cl)CC(CC(Cl)c1ccccc1)C(=O)OC. The molecule has 1 aromatic rings. The van der Waals surface area contributed by atoms with E-state index >= 15 is 0 Å². The van der Waals surface area contributed by atoms with Crippen LogP contribution in [0.4, 0.5) is 0 Å². The van der Waals surface area contributed by atoms with E-state index in [1.165, 1.54) is 14.2 Å². The lowest BCUT2D eigenvalue weighted by molar-refractivity contribution is -0.146. The van der Waals surface area contributed by atoms with E-state index in [4.69, 9.17) is 27.9 Å². The second kappa shape index (κ2) is 8.90. The number of carbonyl (C=O) groups excluding carboxylic acids is 2. The Labute approximate surface area is 134 Å². The molecule has 0 spiro atoms. The quantitative estimate of drug-likeness (QED) is 0.567. The molecular formula is C15H18Cl2O4. The number of ether oxygens (including phenoxy) is 2. The van der Waals surface area contributed by atoms with Gasteiger partial charge < -0.3 is 9.47 Å². The van der Waals surface area contributed by atoms with Gasteiger partial charge in [-0.05, 0) is 18.4 Å². The Morgan fingerprint density at radius 2 is 1.57 bits per heavy atom. The van der Waals surface area contributed by atoms with Crippen molar-refractivity contribution in [3.05, 3.63) is 35.9 Å². The van der Waals surface area contributed by atoms with Gasteiger partial charge in [-0.3, -0.25) is 9.59 Å². The first-order chi connectivity index (χ1) is 9.99. The molecule has 0 radical (unpaired) electrons. The lowest BCUT2D eigenvalue weighted by Crippen LogP contribution is -2.26. The first-order valence-electron chi connectivity index (χ1n) is 6.48. The average Bonchev–Trinajstić information content (AvgIpc) is 2.53. The maximum absolute atomic E-state index is 11.8. The molecule has 0 aliphatic carbocycles. The summed E-state index contributed by atoms with van der Waals surface area (Å²) in [5.74, 6) is -1.58. The molecule has 0 aliphatic rings. The Morgan fingerprint density at radius 1 is 1.00 bits per heavy atom. The first kappa shape index (κ1) is 17.8. The van der Waals surface area contributed by atoms with Gasteiger partial charge in [-0.1, -0.05) is 30.3 Å². The van der Waals surface area contributed by atoms with Gasteiger partial charge in [0.2, 0.25) is 0 Å². The Bertz CT molecular complexity index is 464. The van der Waals surface area contributed by atoms with E-state index in [1.54, 1.807) is 0 Å². The molecule has 0 fully saturated rings. The van der Waals surface area contributed by atoms with Gasteiger partial charge in [-0.25, -0.2) is 0 Å². The standard InChI is InChI=1S/C15H18Cl2O4/c1-20-14(18)11(9-13(17)15(19)21-2)8-12(16)10-6-4-3-5-7-10/h3-7,11-13H,8-9H2,1-2H3. The van der Waals surface area contributed by atoms with E-state index in [0.717, 1.165) is 5.56 Å². The topological polar surface area (TPSA) is 52.6 Å². The lowest BCUT2D eigenvalue weighted by Gasteiger charge is -2.19. The fourth-order valence-corrected chi connectivity index (χ4v) is 2.64. The zero-order chi connectivity index (χ0) is 15.8. The maximum Gasteiger partial charge on any atom is 0.323 e. The van der Waals surface area contributed by atoms with E-state index in [-0.39, 0.29) is 11.8 Å². The molecule has 0 bridgehead atoms. The Morgan fingerprint density at radius 3 is 2.10 bits per heavy atom. The van der Waals surface area contributed by atoms with Crippen LogP contribution >= 0.6 is 23.2 Å². The molecule has 1 rings (SSSR count). The van der Waals surface area contributed by atoms with Crippen LogP contribution in [0.3, 0.4) is 0 Å². The van der Waals surface area contributed by atoms with Crippen LogP contribution in [-0.4, -0.2) is 31.5 Å². The van der Waals surface area contributed by atoms with Gasteiger partial charge in [-0.15, -0.1) is 23.2 Å². The van der Waals surface area contributed by atoms with Gasteiger partial charge in [0, 0.05) is 0 Å². The van der Waals surface area contributed by atoms with Crippen molar-refractivity contribution in [3.8, 4) is 0 Å². The molecule has 6 heteroatoms. The predicted octanol–water partition coefficient (Wildman–Crippen LogP) is 3.32. The largest absolute Gasteiger partial charge is 0.469 e. The van der Waals surface area contributed by atoms with E-state index in [2.05, 4.69) is 4.74 Å². The second-order valence-electron chi connectivity index (χ2n) is 4.56. The van der Waals surface area contributed by atoms with Crippen LogP contribution in [0.2, 0.25) is 0 Å². The molecular weight excluding hydrogens is 315 g/mol. The third-order valence-electron chi connectivity index (χ3n) is 3.14. The minimum absolute atomic E-state index is 0.122. The van der Waals surface area contributed by atoms with Crippen LogP contribution in [0, 0.1) is 5.92 Å². The first-order valence-corrected chi connectivity index (χ1v) is 7.35. The third kappa shape index (κ3) is 5.56. The van der Waals surface area contributed by atoms with Crippen molar-refractivity contribution in [2.45, 2.75) is 23.6 Å². The number of alkyl halides is 2. The zero-order valence-electron chi connectivity index (χ0n) is 11.9. The van der Waals surface area contributed by atoms with Gasteiger partial charge in [0.15, 0.2) is 0 Å². The highest BCUT2D eigenvalue weighted by molar-refractivity contribution is 6.30. The van der Waals surface area contributed by atoms with E-state index in [9.17, 15) is 9.59 Å². The van der Waals surface area contributed by atoms with Crippen molar-refractivity contribution in [3.63, 3.8) is 0 Å². The highest BCUT2D eigenvalue weighted by atomic mass is 35.5. The maximum atomic E-state index is 11.8. The summed E-state index contributed by atoms with van der Waals surface area (Å²) in [7, 11) is 2.54. The van der Waals surface area contributed by atoms with Crippen LogP contribution in [0.15, 0.2) is 30.3 Å². The number of esters is 2. The lowest BCUT2D eigenvalue weighted by atomic mass is 9.94. The predicted molar refractivity (Wildman–Crippen MR) is 81.4 cm³/mol. The summed E-state index contributed by atoms with van der Waals surface area (Å²) < 4.78 is 9.31. The van der Waals surface area contributed by atoms with Gasteiger partial charge in [0.1, 0.15) is 5.38 Å². The van der Waals surface area contributed by atoms with Gasteiger partial charge in [0.05, 0.1) is 25.5 Å². The van der Waals surface area contributed by atoms with Crippen LogP contribution in [0.1, 0.15) is 23.8 Å². The highest BCUT2D eigenvalue weighted by Gasteiger charge is 2.29. The Hall–Kier alpha value is -1.26. The van der Waals surface area contributed by atoms with Crippen LogP contribution in [0.25, 0.3) is 0 Å². The number of halogens is 2. The number of methoxy groups -OCH3 is 2. The fourth-order valence-electron chi connectivity index (χ4n) is 1.98. The summed E-state index contributed by atoms with van der Waals surface area (Å²) in [5, 5.41) is -1.27. The molecule has 0 amide bonds. The third-order valence-corrected chi connectivity index (χ3v) is 3.92. The number of hydrogen-bond acceptors (Lipinski definition) is 4. The van der Waals surface area contributed by atoms with Crippen molar-refractivity contribution < 1.29 is 19.1 Å². The number of benzene rings is 1.